The zero-order valence-electron chi connectivity index (χ0n) is 27.9. The van der Waals surface area contributed by atoms with Crippen molar-refractivity contribution < 1.29 is 29.1 Å². The summed E-state index contributed by atoms with van der Waals surface area (Å²) in [5, 5.41) is 23.6. The monoisotopic (exact) mass is 632 g/mol. The topological polar surface area (TPSA) is 192 Å². The third-order valence-corrected chi connectivity index (χ3v) is 7.71. The molecule has 1 aromatic carbocycles. The van der Waals surface area contributed by atoms with Crippen molar-refractivity contribution in [3.8, 4) is 0 Å². The van der Waals surface area contributed by atoms with Crippen LogP contribution in [0.15, 0.2) is 24.3 Å². The van der Waals surface area contributed by atoms with Crippen LogP contribution >= 0.6 is 0 Å². The van der Waals surface area contributed by atoms with E-state index in [0.29, 0.717) is 45.3 Å². The molecule has 0 fully saturated rings. The summed E-state index contributed by atoms with van der Waals surface area (Å²) in [5.74, 6) is -2.26. The Labute approximate surface area is 268 Å². The number of nitrogens with two attached hydrogens (primary N) is 1. The number of hydrogen-bond acceptors (Lipinski definition) is 7. The minimum atomic E-state index is -0.985. The van der Waals surface area contributed by atoms with Gasteiger partial charge in [-0.25, -0.2) is 0 Å². The molecule has 0 saturated carbocycles. The Kier molecular flexibility index (Phi) is 18.7. The van der Waals surface area contributed by atoms with E-state index in [0.717, 1.165) is 11.1 Å². The molecule has 12 nitrogen and oxygen atoms in total. The Morgan fingerprint density at radius 2 is 1.49 bits per heavy atom. The summed E-state index contributed by atoms with van der Waals surface area (Å²) in [6.45, 7) is 12.7. The van der Waals surface area contributed by atoms with Gasteiger partial charge >= 0.3 is 5.97 Å². The molecule has 0 heterocycles. The Morgan fingerprint density at radius 1 is 0.844 bits per heavy atom. The van der Waals surface area contributed by atoms with Gasteiger partial charge in [0.25, 0.3) is 0 Å². The second-order valence-corrected chi connectivity index (χ2v) is 12.2. The first kappa shape index (κ1) is 39.5. The van der Waals surface area contributed by atoms with Crippen molar-refractivity contribution in [2.45, 2.75) is 124 Å². The molecule has 0 aromatic heterocycles. The van der Waals surface area contributed by atoms with Crippen molar-refractivity contribution in [3.05, 3.63) is 35.4 Å². The number of carbonyl (C=O) groups is 5. The molecule has 0 aliphatic carbocycles. The Hall–Kier alpha value is -3.51. The van der Waals surface area contributed by atoms with Gasteiger partial charge in [0.15, 0.2) is 0 Å². The van der Waals surface area contributed by atoms with Gasteiger partial charge in [-0.2, -0.15) is 0 Å². The zero-order valence-corrected chi connectivity index (χ0v) is 27.9. The van der Waals surface area contributed by atoms with Crippen molar-refractivity contribution in [2.75, 3.05) is 6.54 Å². The first-order valence-electron chi connectivity index (χ1n) is 16.2. The van der Waals surface area contributed by atoms with Crippen LogP contribution in [0, 0.1) is 11.8 Å². The molecular formula is C33H56N6O6. The minimum absolute atomic E-state index is 0.00634. The van der Waals surface area contributed by atoms with E-state index in [9.17, 15) is 24.0 Å². The summed E-state index contributed by atoms with van der Waals surface area (Å²) in [6.07, 6.45) is 2.37. The highest BCUT2D eigenvalue weighted by Crippen LogP contribution is 2.11. The Balaban J connectivity index is 2.82. The average molecular weight is 633 g/mol. The molecule has 5 atom stereocenters. The van der Waals surface area contributed by atoms with Crippen LogP contribution in [0.4, 0.5) is 0 Å². The summed E-state index contributed by atoms with van der Waals surface area (Å²) in [5.41, 5.74) is 7.63. The summed E-state index contributed by atoms with van der Waals surface area (Å²) < 4.78 is 0. The Bertz CT molecular complexity index is 1080. The van der Waals surface area contributed by atoms with E-state index in [1.165, 1.54) is 0 Å². The highest BCUT2D eigenvalue weighted by atomic mass is 16.4. The van der Waals surface area contributed by atoms with Crippen LogP contribution in [-0.4, -0.2) is 65.4 Å². The molecule has 0 unspecified atom stereocenters. The standard InChI is InChI=1S/C33H56N6O6/c1-7-10-27(38-33(45)30(22(5)8-2)39-28(40)11-9-12-29(41)42)32(44)37-26(17-21(3)4)20-35-23(6)31(43)36-19-25-15-13-24(18-34)14-16-25/h13-16,21-23,26-27,30,35H,7-12,17-20,34H2,1-6H3,(H,36,43)(H,37,44)(H,38,45)(H,39,40)(H,41,42)/t22-,23+,26+,27+,30+/m1/s1. The van der Waals surface area contributed by atoms with Crippen molar-refractivity contribution in [3.63, 3.8) is 0 Å². The van der Waals surface area contributed by atoms with Gasteiger partial charge in [0.2, 0.25) is 23.6 Å². The predicted molar refractivity (Wildman–Crippen MR) is 175 cm³/mol. The number of benzene rings is 1. The summed E-state index contributed by atoms with van der Waals surface area (Å²) in [7, 11) is 0. The molecule has 0 aliphatic rings. The molecule has 254 valence electrons. The molecule has 0 bridgehead atoms. The number of rotatable bonds is 22. The molecule has 1 aromatic rings. The van der Waals surface area contributed by atoms with Crippen molar-refractivity contribution in [1.29, 1.82) is 0 Å². The molecule has 0 aliphatic heterocycles. The smallest absolute Gasteiger partial charge is 0.303 e. The largest absolute Gasteiger partial charge is 0.481 e. The van der Waals surface area contributed by atoms with Crippen LogP contribution in [0.3, 0.4) is 0 Å². The van der Waals surface area contributed by atoms with E-state index >= 15 is 0 Å². The van der Waals surface area contributed by atoms with Gasteiger partial charge in [0, 0.05) is 38.5 Å². The fraction of sp³-hybridized carbons (Fsp3) is 0.667. The third-order valence-electron chi connectivity index (χ3n) is 7.71. The van der Waals surface area contributed by atoms with Crippen molar-refractivity contribution >= 4 is 29.6 Å². The van der Waals surface area contributed by atoms with Gasteiger partial charge in [-0.3, -0.25) is 24.0 Å². The lowest BCUT2D eigenvalue weighted by atomic mass is 9.97. The maximum Gasteiger partial charge on any atom is 0.303 e. The lowest BCUT2D eigenvalue weighted by molar-refractivity contribution is -0.137. The van der Waals surface area contributed by atoms with Gasteiger partial charge in [-0.1, -0.05) is 71.7 Å². The van der Waals surface area contributed by atoms with E-state index in [4.69, 9.17) is 10.8 Å². The lowest BCUT2D eigenvalue weighted by Gasteiger charge is -2.28. The third kappa shape index (κ3) is 15.9. The van der Waals surface area contributed by atoms with Crippen molar-refractivity contribution in [2.24, 2.45) is 17.6 Å². The number of aliphatic carboxylic acids is 1. The highest BCUT2D eigenvalue weighted by Gasteiger charge is 2.30. The number of carboxylic acid groups (broad SMARTS) is 1. The van der Waals surface area contributed by atoms with E-state index in [2.05, 4.69) is 26.6 Å². The summed E-state index contributed by atoms with van der Waals surface area (Å²) >= 11 is 0. The fourth-order valence-corrected chi connectivity index (χ4v) is 4.78. The molecule has 4 amide bonds. The molecule has 45 heavy (non-hydrogen) atoms. The van der Waals surface area contributed by atoms with Gasteiger partial charge in [0.05, 0.1) is 6.04 Å². The van der Waals surface area contributed by atoms with Crippen LogP contribution in [-0.2, 0) is 37.1 Å². The quantitative estimate of drug-likeness (QED) is 0.101. The van der Waals surface area contributed by atoms with E-state index in [-0.39, 0.29) is 49.0 Å². The number of hydrogen-bond donors (Lipinski definition) is 7. The summed E-state index contributed by atoms with van der Waals surface area (Å²) in [6, 6.07) is 5.28. The second-order valence-electron chi connectivity index (χ2n) is 12.2. The van der Waals surface area contributed by atoms with Gasteiger partial charge in [-0.05, 0) is 49.1 Å². The number of carbonyl (C=O) groups excluding carboxylic acids is 4. The number of amides is 4. The number of carboxylic acids is 1. The van der Waals surface area contributed by atoms with Crippen molar-refractivity contribution in [1.82, 2.24) is 26.6 Å². The van der Waals surface area contributed by atoms with E-state index in [1.54, 1.807) is 6.92 Å². The molecule has 0 spiro atoms. The summed E-state index contributed by atoms with van der Waals surface area (Å²) in [4.78, 5) is 62.8. The van der Waals surface area contributed by atoms with Gasteiger partial charge < -0.3 is 37.4 Å². The maximum absolute atomic E-state index is 13.4. The Morgan fingerprint density at radius 3 is 2.04 bits per heavy atom. The van der Waals surface area contributed by atoms with Crippen LogP contribution in [0.25, 0.3) is 0 Å². The molecular weight excluding hydrogens is 576 g/mol. The fourth-order valence-electron chi connectivity index (χ4n) is 4.78. The SMILES string of the molecule is CCC[C@H](NC(=O)[C@@H](NC(=O)CCCC(=O)O)[C@H](C)CC)C(=O)N[C@H](CN[C@@H](C)C(=O)NCc1ccc(CN)cc1)CC(C)C. The van der Waals surface area contributed by atoms with Crippen LogP contribution in [0.5, 0.6) is 0 Å². The molecule has 1 rings (SSSR count). The lowest BCUT2D eigenvalue weighted by Crippen LogP contribution is -2.57. The second kappa shape index (κ2) is 21.3. The van der Waals surface area contributed by atoms with Crippen LogP contribution in [0.1, 0.15) is 97.6 Å². The van der Waals surface area contributed by atoms with E-state index < -0.39 is 35.9 Å². The molecule has 0 radical (unpaired) electrons. The molecule has 0 saturated heterocycles. The normalized spacial score (nSPS) is 14.5. The first-order chi connectivity index (χ1) is 21.3. The minimum Gasteiger partial charge on any atom is -0.481 e. The average Bonchev–Trinajstić information content (AvgIpc) is 3.00. The van der Waals surface area contributed by atoms with Gasteiger partial charge in [-0.15, -0.1) is 0 Å². The zero-order chi connectivity index (χ0) is 33.9. The number of nitrogens with one attached hydrogen (secondary N) is 5. The van der Waals surface area contributed by atoms with Gasteiger partial charge in [0.1, 0.15) is 12.1 Å². The maximum atomic E-state index is 13.4. The van der Waals surface area contributed by atoms with Crippen LogP contribution in [0.2, 0.25) is 0 Å². The predicted octanol–water partition coefficient (Wildman–Crippen LogP) is 2.34. The first-order valence-corrected chi connectivity index (χ1v) is 16.2. The van der Waals surface area contributed by atoms with Crippen LogP contribution < -0.4 is 32.3 Å². The molecule has 12 heteroatoms. The van der Waals surface area contributed by atoms with E-state index in [1.807, 2.05) is 58.9 Å². The highest BCUT2D eigenvalue weighted by molar-refractivity contribution is 5.92. The molecule has 8 N–H and O–H groups in total.